The summed E-state index contributed by atoms with van der Waals surface area (Å²) in [6.45, 7) is 3.95. The number of hydrogen-bond acceptors (Lipinski definition) is 5. The van der Waals surface area contributed by atoms with Crippen LogP contribution >= 0.6 is 0 Å². The fraction of sp³-hybridized carbons (Fsp3) is 0.281. The maximum absolute atomic E-state index is 13.9. The minimum atomic E-state index is -1.06. The molecular weight excluding hydrogens is 504 g/mol. The van der Waals surface area contributed by atoms with E-state index >= 15 is 0 Å². The molecule has 0 bridgehead atoms. The van der Waals surface area contributed by atoms with Gasteiger partial charge in [0.15, 0.2) is 12.2 Å². The fourth-order valence-corrected chi connectivity index (χ4v) is 5.45. The summed E-state index contributed by atoms with van der Waals surface area (Å²) >= 11 is 0. The van der Waals surface area contributed by atoms with Crippen molar-refractivity contribution in [3.63, 3.8) is 0 Å². The van der Waals surface area contributed by atoms with Crippen molar-refractivity contribution in [3.05, 3.63) is 120 Å². The van der Waals surface area contributed by atoms with Crippen molar-refractivity contribution in [2.24, 2.45) is 0 Å². The van der Waals surface area contributed by atoms with E-state index in [1.807, 2.05) is 98.0 Å². The molecule has 4 aromatic rings. The summed E-state index contributed by atoms with van der Waals surface area (Å²) in [7, 11) is 0. The van der Waals surface area contributed by atoms with Gasteiger partial charge in [-0.25, -0.2) is 4.68 Å². The van der Waals surface area contributed by atoms with Crippen LogP contribution < -0.4 is 0 Å². The average Bonchev–Trinajstić information content (AvgIpc) is 3.69. The molecule has 0 saturated carbocycles. The zero-order valence-corrected chi connectivity index (χ0v) is 22.4. The van der Waals surface area contributed by atoms with Crippen LogP contribution in [-0.2, 0) is 38.8 Å². The number of fused-ring (bicyclic) bond motifs is 1. The van der Waals surface area contributed by atoms with E-state index < -0.39 is 12.2 Å². The molecule has 3 heterocycles. The van der Waals surface area contributed by atoms with Crippen LogP contribution in [0.5, 0.6) is 0 Å². The van der Waals surface area contributed by atoms with Gasteiger partial charge in [0.05, 0.1) is 24.9 Å². The third-order valence-corrected chi connectivity index (χ3v) is 7.71. The zero-order valence-electron chi connectivity index (χ0n) is 22.4. The van der Waals surface area contributed by atoms with Crippen molar-refractivity contribution in [3.8, 4) is 5.69 Å². The lowest BCUT2D eigenvalue weighted by molar-refractivity contribution is -0.180. The predicted octanol–water partition coefficient (Wildman–Crippen LogP) is 4.29. The minimum absolute atomic E-state index is 0.202. The lowest BCUT2D eigenvalue weighted by Gasteiger charge is -2.39. The normalized spacial score (nSPS) is 18.4. The highest BCUT2D eigenvalue weighted by molar-refractivity contribution is 5.92. The van der Waals surface area contributed by atoms with Crippen molar-refractivity contribution in [1.29, 1.82) is 0 Å². The molecule has 40 heavy (non-hydrogen) atoms. The van der Waals surface area contributed by atoms with Crippen molar-refractivity contribution >= 4 is 11.8 Å². The first-order valence-electron chi connectivity index (χ1n) is 13.6. The van der Waals surface area contributed by atoms with Crippen LogP contribution in [0, 0.1) is 0 Å². The number of aromatic nitrogens is 2. The van der Waals surface area contributed by atoms with E-state index in [2.05, 4.69) is 5.10 Å². The molecule has 0 N–H and O–H groups in total. The Morgan fingerprint density at radius 3 is 2.35 bits per heavy atom. The van der Waals surface area contributed by atoms with Gasteiger partial charge in [0.2, 0.25) is 0 Å². The topological polar surface area (TPSA) is 76.9 Å². The molecule has 6 rings (SSSR count). The Morgan fingerprint density at radius 1 is 0.975 bits per heavy atom. The molecule has 0 aliphatic carbocycles. The van der Waals surface area contributed by atoms with E-state index in [1.54, 1.807) is 20.7 Å². The molecule has 8 heteroatoms. The van der Waals surface area contributed by atoms with E-state index in [0.29, 0.717) is 26.2 Å². The number of rotatable bonds is 8. The molecule has 1 fully saturated rings. The molecule has 2 aliphatic heterocycles. The molecule has 3 atom stereocenters. The number of nitrogens with zero attached hydrogens (tertiary/aromatic N) is 4. The van der Waals surface area contributed by atoms with Crippen molar-refractivity contribution < 1.29 is 19.1 Å². The molecule has 0 spiro atoms. The molecule has 204 valence electrons. The Kier molecular flexibility index (Phi) is 7.44. The minimum Gasteiger partial charge on any atom is -0.363 e. The predicted molar refractivity (Wildman–Crippen MR) is 149 cm³/mol. The second kappa shape index (κ2) is 11.5. The first-order valence-corrected chi connectivity index (χ1v) is 13.6. The maximum atomic E-state index is 13.9. The Bertz CT molecular complexity index is 1430. The number of ether oxygens (including phenoxy) is 2. The van der Waals surface area contributed by atoms with Crippen LogP contribution in [0.1, 0.15) is 35.2 Å². The van der Waals surface area contributed by atoms with Gasteiger partial charge in [0, 0.05) is 32.0 Å². The van der Waals surface area contributed by atoms with E-state index in [4.69, 9.17) is 9.47 Å². The Hall–Kier alpha value is -4.27. The van der Waals surface area contributed by atoms with Crippen molar-refractivity contribution in [2.75, 3.05) is 13.2 Å². The van der Waals surface area contributed by atoms with Crippen LogP contribution in [0.4, 0.5) is 0 Å². The van der Waals surface area contributed by atoms with Gasteiger partial charge in [-0.3, -0.25) is 9.59 Å². The van der Waals surface area contributed by atoms with E-state index in [1.165, 1.54) is 0 Å². The molecule has 1 aromatic heterocycles. The number of morpholine rings is 1. The molecule has 0 radical (unpaired) electrons. The highest BCUT2D eigenvalue weighted by atomic mass is 16.5. The van der Waals surface area contributed by atoms with Crippen LogP contribution in [0.15, 0.2) is 97.3 Å². The SMILES string of the molecule is C[C@H](c1ccc(-n2cccn2)cc1)N1CCO[C@H]([C@H](OCc2ccccc2)C(=O)N2Cc3ccccc3C2)C1=O. The molecule has 2 aliphatic rings. The van der Waals surface area contributed by atoms with Gasteiger partial charge in [-0.2, -0.15) is 5.10 Å². The molecule has 1 saturated heterocycles. The standard InChI is InChI=1S/C32H32N4O4/c1-23(25-12-14-28(15-13-25)36-17-7-16-33-36)35-18-19-39-30(32(35)38)29(40-22-24-8-3-2-4-9-24)31(37)34-20-26-10-5-6-11-27(26)21-34/h2-17,23,29-30H,18-22H2,1H3/t23-,29+,30-/m1/s1. The average molecular weight is 537 g/mol. The van der Waals surface area contributed by atoms with Crippen molar-refractivity contribution in [1.82, 2.24) is 19.6 Å². The summed E-state index contributed by atoms with van der Waals surface area (Å²) in [6, 6.07) is 27.4. The van der Waals surface area contributed by atoms with Gasteiger partial charge in [-0.1, -0.05) is 66.7 Å². The Labute approximate surface area is 233 Å². The van der Waals surface area contributed by atoms with Gasteiger partial charge < -0.3 is 19.3 Å². The lowest BCUT2D eigenvalue weighted by atomic mass is 10.0. The number of hydrogen-bond donors (Lipinski definition) is 0. The third kappa shape index (κ3) is 5.28. The molecule has 0 unspecified atom stereocenters. The number of carbonyl (C=O) groups excluding carboxylic acids is 2. The van der Waals surface area contributed by atoms with Gasteiger partial charge in [0.25, 0.3) is 11.8 Å². The monoisotopic (exact) mass is 536 g/mol. The van der Waals surface area contributed by atoms with E-state index in [-0.39, 0.29) is 24.5 Å². The van der Waals surface area contributed by atoms with Crippen LogP contribution in [0.25, 0.3) is 5.69 Å². The smallest absolute Gasteiger partial charge is 0.255 e. The quantitative estimate of drug-likeness (QED) is 0.336. The summed E-state index contributed by atoms with van der Waals surface area (Å²) in [5, 5.41) is 4.28. The van der Waals surface area contributed by atoms with Crippen molar-refractivity contribution in [2.45, 2.75) is 44.9 Å². The first kappa shape index (κ1) is 26.0. The summed E-state index contributed by atoms with van der Waals surface area (Å²) in [6.07, 6.45) is 1.54. The Morgan fingerprint density at radius 2 is 1.68 bits per heavy atom. The van der Waals surface area contributed by atoms with Gasteiger partial charge >= 0.3 is 0 Å². The summed E-state index contributed by atoms with van der Waals surface area (Å²) < 4.78 is 14.0. The summed E-state index contributed by atoms with van der Waals surface area (Å²) in [4.78, 5) is 31.4. The highest BCUT2D eigenvalue weighted by Gasteiger charge is 2.44. The molecule has 2 amide bonds. The second-order valence-electron chi connectivity index (χ2n) is 10.2. The fourth-order valence-electron chi connectivity index (χ4n) is 5.45. The zero-order chi connectivity index (χ0) is 27.5. The number of carbonyl (C=O) groups is 2. The van der Waals surface area contributed by atoms with E-state index in [9.17, 15) is 9.59 Å². The van der Waals surface area contributed by atoms with E-state index in [0.717, 1.165) is 27.9 Å². The third-order valence-electron chi connectivity index (χ3n) is 7.71. The van der Waals surface area contributed by atoms with Crippen LogP contribution in [0.3, 0.4) is 0 Å². The molecule has 8 nitrogen and oxygen atoms in total. The van der Waals surface area contributed by atoms with Gasteiger partial charge in [0.1, 0.15) is 0 Å². The number of amides is 2. The first-order chi connectivity index (χ1) is 19.6. The molecule has 3 aromatic carbocycles. The maximum Gasteiger partial charge on any atom is 0.255 e. The highest BCUT2D eigenvalue weighted by Crippen LogP contribution is 2.29. The Balaban J connectivity index is 1.22. The van der Waals surface area contributed by atoms with Crippen LogP contribution in [0.2, 0.25) is 0 Å². The molecular formula is C32H32N4O4. The summed E-state index contributed by atoms with van der Waals surface area (Å²) in [5.41, 5.74) is 5.09. The lowest BCUT2D eigenvalue weighted by Crippen LogP contribution is -2.57. The largest absolute Gasteiger partial charge is 0.363 e. The van der Waals surface area contributed by atoms with Gasteiger partial charge in [-0.05, 0) is 47.4 Å². The summed E-state index contributed by atoms with van der Waals surface area (Å²) in [5.74, 6) is -0.471. The second-order valence-corrected chi connectivity index (χ2v) is 10.2. The van der Waals surface area contributed by atoms with Gasteiger partial charge in [-0.15, -0.1) is 0 Å². The number of benzene rings is 3. The van der Waals surface area contributed by atoms with Crippen LogP contribution in [-0.4, -0.2) is 56.8 Å².